The maximum absolute atomic E-state index is 10.2. The molecule has 0 aromatic carbocycles. The van der Waals surface area contributed by atoms with E-state index in [0.717, 1.165) is 18.8 Å². The summed E-state index contributed by atoms with van der Waals surface area (Å²) in [4.78, 5) is 10.2. The molecule has 33 heavy (non-hydrogen) atoms. The van der Waals surface area contributed by atoms with Crippen LogP contribution in [0.25, 0.3) is 0 Å². The summed E-state index contributed by atoms with van der Waals surface area (Å²) in [6.07, 6.45) is 17.6. The van der Waals surface area contributed by atoms with Gasteiger partial charge in [0.05, 0.1) is 0 Å². The Morgan fingerprint density at radius 2 is 0.879 bits per heavy atom. The van der Waals surface area contributed by atoms with Crippen LogP contribution >= 0.6 is 0 Å². The monoisotopic (exact) mass is 508 g/mol. The van der Waals surface area contributed by atoms with Crippen molar-refractivity contribution < 1.29 is 38.9 Å². The van der Waals surface area contributed by atoms with Crippen molar-refractivity contribution in [2.75, 3.05) is 0 Å². The molecule has 0 fully saturated rings. The van der Waals surface area contributed by atoms with E-state index in [0.29, 0.717) is 0 Å². The van der Waals surface area contributed by atoms with Crippen molar-refractivity contribution in [3.05, 3.63) is 0 Å². The van der Waals surface area contributed by atoms with E-state index in [1.165, 1.54) is 70.6 Å². The van der Waals surface area contributed by atoms with Gasteiger partial charge in [-0.2, -0.15) is 0 Å². The molecule has 0 aromatic heterocycles. The van der Waals surface area contributed by atoms with Crippen LogP contribution in [0, 0.1) is 5.92 Å². The molecule has 0 spiro atoms. The summed E-state index contributed by atoms with van der Waals surface area (Å²) in [6, 6.07) is 0. The number of carboxylic acids is 1. The molecule has 0 heterocycles. The van der Waals surface area contributed by atoms with Crippen LogP contribution in [0.4, 0.5) is 0 Å². The Balaban J connectivity index is 0. The zero-order valence-corrected chi connectivity index (χ0v) is 24.8. The van der Waals surface area contributed by atoms with Gasteiger partial charge in [0.15, 0.2) is 0 Å². The predicted octanol–water partition coefficient (Wildman–Crippen LogP) is 7.48. The molecule has 0 radical (unpaired) electrons. The van der Waals surface area contributed by atoms with Gasteiger partial charge in [-0.3, -0.25) is 0 Å². The zero-order valence-electron chi connectivity index (χ0n) is 23.3. The molecule has 0 aliphatic heterocycles. The summed E-state index contributed by atoms with van der Waals surface area (Å²) in [5.41, 5.74) is 0. The Bertz CT molecular complexity index is 390. The molecule has 0 N–H and O–H groups in total. The Labute approximate surface area is 214 Å². The van der Waals surface area contributed by atoms with E-state index in [9.17, 15) is 9.90 Å². The standard InChI is InChI=1S/C18H36O2.3C3H7O.Ti/c1-17(2)15-13-11-9-7-5-3-4-6-8-10-12-14-16-18(19)20;3*1-3(2)4;/h17H,3-16H2,1-2H3,(H,19,20);3*3H,1-2H3;/q;3*-1;+4/p-1. The third-order valence-corrected chi connectivity index (χ3v) is 8.02. The van der Waals surface area contributed by atoms with Crippen LogP contribution < -0.4 is 5.11 Å². The van der Waals surface area contributed by atoms with Crippen LogP contribution in [0.3, 0.4) is 0 Å². The maximum atomic E-state index is 10.2. The Hall–Kier alpha value is 0.0643. The van der Waals surface area contributed by atoms with Crippen molar-refractivity contribution in [3.63, 3.8) is 0 Å². The molecule has 0 saturated heterocycles. The Morgan fingerprint density at radius 3 is 1.15 bits per heavy atom. The first-order chi connectivity index (χ1) is 15.5. The summed E-state index contributed by atoms with van der Waals surface area (Å²) in [5.74, 6) is -0.0415. The van der Waals surface area contributed by atoms with Crippen molar-refractivity contribution in [1.29, 1.82) is 0 Å². The van der Waals surface area contributed by atoms with Crippen LogP contribution in [0.15, 0.2) is 0 Å². The van der Waals surface area contributed by atoms with E-state index in [1.807, 2.05) is 41.5 Å². The molecule has 0 amide bonds. The van der Waals surface area contributed by atoms with Crippen LogP contribution in [0.1, 0.15) is 145 Å². The minimum atomic E-state index is -2.18. The van der Waals surface area contributed by atoms with Gasteiger partial charge in [-0.15, -0.1) is 0 Å². The normalized spacial score (nSPS) is 11.4. The van der Waals surface area contributed by atoms with Crippen LogP contribution in [-0.4, -0.2) is 24.3 Å². The van der Waals surface area contributed by atoms with Crippen molar-refractivity contribution in [3.8, 4) is 0 Å². The number of carboxylic acid groups (broad SMARTS) is 1. The Morgan fingerprint density at radius 1 is 0.576 bits per heavy atom. The molecule has 198 valence electrons. The molecule has 6 heteroatoms. The van der Waals surface area contributed by atoms with Gasteiger partial charge in [0, 0.05) is 5.97 Å². The van der Waals surface area contributed by atoms with Gasteiger partial charge in [0.1, 0.15) is 0 Å². The number of unbranched alkanes of at least 4 members (excludes halogenated alkanes) is 11. The van der Waals surface area contributed by atoms with E-state index >= 15 is 0 Å². The summed E-state index contributed by atoms with van der Waals surface area (Å²) >= 11 is -2.18. The number of carbonyl (C=O) groups excluding carboxylic acids is 1. The van der Waals surface area contributed by atoms with Gasteiger partial charge in [-0.1, -0.05) is 90.9 Å². The topological polar surface area (TPSA) is 67.8 Å². The number of rotatable bonds is 21. The molecule has 0 aliphatic rings. The first kappa shape index (κ1) is 35.2. The van der Waals surface area contributed by atoms with E-state index in [2.05, 4.69) is 13.8 Å². The van der Waals surface area contributed by atoms with Crippen molar-refractivity contribution >= 4 is 5.97 Å². The fourth-order valence-corrected chi connectivity index (χ4v) is 5.31. The summed E-state index contributed by atoms with van der Waals surface area (Å²) in [5, 5.41) is 10.2. The summed E-state index contributed by atoms with van der Waals surface area (Å²) in [7, 11) is 0. The van der Waals surface area contributed by atoms with Gasteiger partial charge < -0.3 is 9.90 Å². The third-order valence-electron chi connectivity index (χ3n) is 4.91. The molecule has 5 nitrogen and oxygen atoms in total. The fourth-order valence-electron chi connectivity index (χ4n) is 3.25. The van der Waals surface area contributed by atoms with Gasteiger partial charge >= 0.3 is 88.8 Å². The van der Waals surface area contributed by atoms with Gasteiger partial charge in [0.25, 0.3) is 0 Å². The molecular weight excluding hydrogens is 452 g/mol. The SMILES string of the molecule is CC(C)CCCCCCCCCCCCCCC(=O)[O-].CC(C)[O][Ti+]([O]C(C)C)[O]C(C)C. The van der Waals surface area contributed by atoms with Crippen LogP contribution in [-0.2, 0) is 33.8 Å². The average Bonchev–Trinajstić information content (AvgIpc) is 2.66. The first-order valence-electron chi connectivity index (χ1n) is 13.6. The molecule has 0 atom stereocenters. The van der Waals surface area contributed by atoms with E-state index in [1.54, 1.807) is 0 Å². The van der Waals surface area contributed by atoms with E-state index < -0.39 is 25.0 Å². The van der Waals surface area contributed by atoms with E-state index in [-0.39, 0.29) is 24.7 Å². The first-order valence-corrected chi connectivity index (χ1v) is 15.5. The quantitative estimate of drug-likeness (QED) is 0.119. The average molecular weight is 509 g/mol. The second kappa shape index (κ2) is 25.2. The van der Waals surface area contributed by atoms with E-state index in [4.69, 9.17) is 9.96 Å². The van der Waals surface area contributed by atoms with Gasteiger partial charge in [0.2, 0.25) is 0 Å². The second-order valence-corrected chi connectivity index (χ2v) is 12.2. The number of hydrogen-bond acceptors (Lipinski definition) is 5. The molecule has 0 aliphatic carbocycles. The predicted molar refractivity (Wildman–Crippen MR) is 133 cm³/mol. The van der Waals surface area contributed by atoms with Gasteiger partial charge in [-0.05, 0) is 18.8 Å². The van der Waals surface area contributed by atoms with Crippen LogP contribution in [0.5, 0.6) is 0 Å². The molecular formula is C27H56O5Ti. The van der Waals surface area contributed by atoms with Crippen LogP contribution in [0.2, 0.25) is 0 Å². The van der Waals surface area contributed by atoms with Crippen molar-refractivity contribution in [2.24, 2.45) is 5.92 Å². The molecule has 0 bridgehead atoms. The molecule has 0 rings (SSSR count). The van der Waals surface area contributed by atoms with Crippen molar-refractivity contribution in [2.45, 2.75) is 164 Å². The zero-order chi connectivity index (χ0) is 25.5. The number of aliphatic carboxylic acids is 1. The third kappa shape index (κ3) is 34.3. The van der Waals surface area contributed by atoms with Crippen molar-refractivity contribution in [1.82, 2.24) is 0 Å². The number of hydrogen-bond donors (Lipinski definition) is 0. The number of carbonyl (C=O) groups is 1. The summed E-state index contributed by atoms with van der Waals surface area (Å²) in [6.45, 7) is 16.6. The molecule has 0 aromatic rings. The molecule has 0 unspecified atom stereocenters. The summed E-state index contributed by atoms with van der Waals surface area (Å²) < 4.78 is 16.8. The second-order valence-electron chi connectivity index (χ2n) is 10.3. The Kier molecular flexibility index (Phi) is 26.9. The minimum absolute atomic E-state index is 0.187. The van der Waals surface area contributed by atoms with Gasteiger partial charge in [-0.25, -0.2) is 0 Å². The fraction of sp³-hybridized carbons (Fsp3) is 0.963. The molecule has 0 saturated carbocycles.